The minimum Gasteiger partial charge on any atom is -0.327 e. The van der Waals surface area contributed by atoms with Crippen LogP contribution < -0.4 is 5.32 Å². The number of nitrogens with zero attached hydrogens (tertiary/aromatic N) is 1. The van der Waals surface area contributed by atoms with Gasteiger partial charge in [-0.15, -0.1) is 0 Å². The zero-order valence-corrected chi connectivity index (χ0v) is 12.5. The number of carbonyl (C=O) groups is 2. The molecule has 0 bridgehead atoms. The molecule has 1 aliphatic rings. The standard InChI is InChI=1S/C18H17FN2O2/c19-14-8-10-15(11-9-14)20-17(22)16-7-4-12-21(16)18(23)13-5-2-1-3-6-13/h1-3,5-6,8-11,16H,4,7,12H2,(H,20,22)/t16-/m0/s1. The zero-order valence-electron chi connectivity index (χ0n) is 12.5. The van der Waals surface area contributed by atoms with E-state index in [4.69, 9.17) is 0 Å². The second kappa shape index (κ2) is 6.60. The van der Waals surface area contributed by atoms with Crippen molar-refractivity contribution in [3.63, 3.8) is 0 Å². The maximum absolute atomic E-state index is 12.9. The molecular formula is C18H17FN2O2. The van der Waals surface area contributed by atoms with Gasteiger partial charge in [0.2, 0.25) is 5.91 Å². The first-order valence-corrected chi connectivity index (χ1v) is 7.57. The minimum absolute atomic E-state index is 0.137. The van der Waals surface area contributed by atoms with Crippen molar-refractivity contribution in [3.8, 4) is 0 Å². The van der Waals surface area contributed by atoms with Crippen LogP contribution in [0, 0.1) is 5.82 Å². The molecule has 0 aliphatic carbocycles. The smallest absolute Gasteiger partial charge is 0.254 e. The number of halogens is 1. The van der Waals surface area contributed by atoms with E-state index in [0.29, 0.717) is 24.2 Å². The number of benzene rings is 2. The second-order valence-electron chi connectivity index (χ2n) is 5.52. The molecule has 0 aromatic heterocycles. The van der Waals surface area contributed by atoms with E-state index in [2.05, 4.69) is 5.32 Å². The molecule has 2 aromatic carbocycles. The van der Waals surface area contributed by atoms with Crippen molar-refractivity contribution >= 4 is 17.5 Å². The van der Waals surface area contributed by atoms with Gasteiger partial charge in [-0.25, -0.2) is 4.39 Å². The molecule has 0 unspecified atom stereocenters. The molecule has 1 heterocycles. The Kier molecular flexibility index (Phi) is 4.37. The van der Waals surface area contributed by atoms with Crippen LogP contribution >= 0.6 is 0 Å². The summed E-state index contributed by atoms with van der Waals surface area (Å²) in [7, 11) is 0. The number of rotatable bonds is 3. The quantitative estimate of drug-likeness (QED) is 0.947. The fourth-order valence-electron chi connectivity index (χ4n) is 2.79. The Morgan fingerprint density at radius 1 is 1.04 bits per heavy atom. The number of carbonyl (C=O) groups excluding carboxylic acids is 2. The van der Waals surface area contributed by atoms with Crippen LogP contribution in [-0.4, -0.2) is 29.3 Å². The first-order chi connectivity index (χ1) is 11.1. The van der Waals surface area contributed by atoms with Gasteiger partial charge in [0.1, 0.15) is 11.9 Å². The number of hydrogen-bond donors (Lipinski definition) is 1. The fourth-order valence-corrected chi connectivity index (χ4v) is 2.79. The molecule has 4 nitrogen and oxygen atoms in total. The number of anilines is 1. The number of likely N-dealkylation sites (tertiary alicyclic amines) is 1. The molecule has 5 heteroatoms. The summed E-state index contributed by atoms with van der Waals surface area (Å²) in [6, 6.07) is 14.0. The molecule has 3 rings (SSSR count). The molecule has 0 spiro atoms. The molecule has 1 atom stereocenters. The normalized spacial score (nSPS) is 17.1. The van der Waals surface area contributed by atoms with Gasteiger partial charge in [-0.05, 0) is 49.2 Å². The van der Waals surface area contributed by atoms with Gasteiger partial charge in [0.05, 0.1) is 0 Å². The zero-order chi connectivity index (χ0) is 16.2. The average molecular weight is 312 g/mol. The van der Waals surface area contributed by atoms with Crippen LogP contribution in [0.1, 0.15) is 23.2 Å². The average Bonchev–Trinajstić information content (AvgIpc) is 3.07. The van der Waals surface area contributed by atoms with Crippen molar-refractivity contribution < 1.29 is 14.0 Å². The Bertz CT molecular complexity index is 701. The van der Waals surface area contributed by atoms with E-state index < -0.39 is 6.04 Å². The topological polar surface area (TPSA) is 49.4 Å². The molecule has 0 saturated carbocycles. The summed E-state index contributed by atoms with van der Waals surface area (Å²) in [6.45, 7) is 0.565. The van der Waals surface area contributed by atoms with Crippen molar-refractivity contribution in [1.29, 1.82) is 0 Å². The summed E-state index contributed by atoms with van der Waals surface area (Å²) in [5.74, 6) is -0.731. The Morgan fingerprint density at radius 3 is 2.43 bits per heavy atom. The van der Waals surface area contributed by atoms with Crippen LogP contribution in [0.5, 0.6) is 0 Å². The Labute approximate surface area is 133 Å². The van der Waals surface area contributed by atoms with E-state index in [-0.39, 0.29) is 17.6 Å². The lowest BCUT2D eigenvalue weighted by Gasteiger charge is -2.24. The number of amides is 2. The third kappa shape index (κ3) is 3.39. The van der Waals surface area contributed by atoms with E-state index in [9.17, 15) is 14.0 Å². The summed E-state index contributed by atoms with van der Waals surface area (Å²) in [6.07, 6.45) is 1.42. The highest BCUT2D eigenvalue weighted by molar-refractivity contribution is 6.01. The lowest BCUT2D eigenvalue weighted by atomic mass is 10.1. The van der Waals surface area contributed by atoms with Gasteiger partial charge in [-0.2, -0.15) is 0 Å². The van der Waals surface area contributed by atoms with Crippen molar-refractivity contribution in [2.45, 2.75) is 18.9 Å². The van der Waals surface area contributed by atoms with Crippen LogP contribution in [0.4, 0.5) is 10.1 Å². The van der Waals surface area contributed by atoms with E-state index in [0.717, 1.165) is 6.42 Å². The Hall–Kier alpha value is -2.69. The molecule has 1 N–H and O–H groups in total. The summed E-state index contributed by atoms with van der Waals surface area (Å²) in [5.41, 5.74) is 1.10. The number of hydrogen-bond acceptors (Lipinski definition) is 2. The largest absolute Gasteiger partial charge is 0.327 e. The second-order valence-corrected chi connectivity index (χ2v) is 5.52. The van der Waals surface area contributed by atoms with Crippen molar-refractivity contribution in [3.05, 3.63) is 66.0 Å². The van der Waals surface area contributed by atoms with Crippen LogP contribution in [0.25, 0.3) is 0 Å². The van der Waals surface area contributed by atoms with Gasteiger partial charge in [0, 0.05) is 17.8 Å². The predicted molar refractivity (Wildman–Crippen MR) is 85.5 cm³/mol. The van der Waals surface area contributed by atoms with Crippen LogP contribution in [-0.2, 0) is 4.79 Å². The molecule has 0 radical (unpaired) electrons. The van der Waals surface area contributed by atoms with E-state index >= 15 is 0 Å². The number of nitrogens with one attached hydrogen (secondary N) is 1. The highest BCUT2D eigenvalue weighted by Crippen LogP contribution is 2.22. The third-order valence-corrected chi connectivity index (χ3v) is 3.95. The molecule has 1 saturated heterocycles. The SMILES string of the molecule is O=C(Nc1ccc(F)cc1)[C@@H]1CCCN1C(=O)c1ccccc1. The molecular weight excluding hydrogens is 295 g/mol. The van der Waals surface area contributed by atoms with Crippen molar-refractivity contribution in [2.24, 2.45) is 0 Å². The monoisotopic (exact) mass is 312 g/mol. The summed E-state index contributed by atoms with van der Waals surface area (Å²) in [4.78, 5) is 26.6. The minimum atomic E-state index is -0.493. The fraction of sp³-hybridized carbons (Fsp3) is 0.222. The summed E-state index contributed by atoms with van der Waals surface area (Å²) in [5, 5.41) is 2.75. The predicted octanol–water partition coefficient (Wildman–Crippen LogP) is 3.07. The molecule has 23 heavy (non-hydrogen) atoms. The highest BCUT2D eigenvalue weighted by Gasteiger charge is 2.34. The lowest BCUT2D eigenvalue weighted by Crippen LogP contribution is -2.43. The van der Waals surface area contributed by atoms with Crippen LogP contribution in [0.3, 0.4) is 0 Å². The molecule has 2 amide bonds. The highest BCUT2D eigenvalue weighted by atomic mass is 19.1. The Morgan fingerprint density at radius 2 is 1.74 bits per heavy atom. The first-order valence-electron chi connectivity index (χ1n) is 7.57. The van der Waals surface area contributed by atoms with Gasteiger partial charge >= 0.3 is 0 Å². The molecule has 118 valence electrons. The van der Waals surface area contributed by atoms with Crippen molar-refractivity contribution in [2.75, 3.05) is 11.9 Å². The van der Waals surface area contributed by atoms with Crippen LogP contribution in [0.15, 0.2) is 54.6 Å². The van der Waals surface area contributed by atoms with Gasteiger partial charge in [-0.3, -0.25) is 9.59 Å². The van der Waals surface area contributed by atoms with Gasteiger partial charge < -0.3 is 10.2 Å². The van der Waals surface area contributed by atoms with Gasteiger partial charge in [0.25, 0.3) is 5.91 Å². The Balaban J connectivity index is 1.72. The molecule has 1 aliphatic heterocycles. The van der Waals surface area contributed by atoms with Gasteiger partial charge in [-0.1, -0.05) is 18.2 Å². The molecule has 2 aromatic rings. The van der Waals surface area contributed by atoms with Crippen molar-refractivity contribution in [1.82, 2.24) is 4.90 Å². The third-order valence-electron chi connectivity index (χ3n) is 3.95. The van der Waals surface area contributed by atoms with E-state index in [1.807, 2.05) is 6.07 Å². The van der Waals surface area contributed by atoms with Crippen LogP contribution in [0.2, 0.25) is 0 Å². The lowest BCUT2D eigenvalue weighted by molar-refractivity contribution is -0.119. The van der Waals surface area contributed by atoms with Gasteiger partial charge in [0.15, 0.2) is 0 Å². The van der Waals surface area contributed by atoms with E-state index in [1.54, 1.807) is 29.2 Å². The maximum atomic E-state index is 12.9. The summed E-state index contributed by atoms with van der Waals surface area (Å²) >= 11 is 0. The summed E-state index contributed by atoms with van der Waals surface area (Å²) < 4.78 is 12.9. The molecule has 1 fully saturated rings. The maximum Gasteiger partial charge on any atom is 0.254 e. The van der Waals surface area contributed by atoms with E-state index in [1.165, 1.54) is 24.3 Å². The first kappa shape index (κ1) is 15.2.